The Morgan fingerprint density at radius 2 is 2.17 bits per heavy atom. The number of nitrogens with one attached hydrogen (secondary N) is 2. The average molecular weight is 258 g/mol. The summed E-state index contributed by atoms with van der Waals surface area (Å²) in [4.78, 5) is 11.8. The van der Waals surface area contributed by atoms with Crippen molar-refractivity contribution in [3.63, 3.8) is 0 Å². The van der Waals surface area contributed by atoms with Crippen LogP contribution >= 0.6 is 0 Å². The first-order valence-corrected chi connectivity index (χ1v) is 6.52. The zero-order valence-electron chi connectivity index (χ0n) is 12.0. The minimum atomic E-state index is -0.487. The minimum Gasteiger partial charge on any atom is -0.444 e. The van der Waals surface area contributed by atoms with Crippen LogP contribution in [-0.4, -0.2) is 41.5 Å². The molecule has 0 aliphatic carbocycles. The van der Waals surface area contributed by atoms with E-state index in [0.717, 1.165) is 6.42 Å². The molecule has 1 saturated heterocycles. The quantitative estimate of drug-likeness (QED) is 0.697. The van der Waals surface area contributed by atoms with Gasteiger partial charge < -0.3 is 20.5 Å². The van der Waals surface area contributed by atoms with Gasteiger partial charge in [-0.25, -0.2) is 4.79 Å². The van der Waals surface area contributed by atoms with Crippen molar-refractivity contribution < 1.29 is 14.6 Å². The molecule has 3 N–H and O–H groups in total. The smallest absolute Gasteiger partial charge is 0.408 e. The van der Waals surface area contributed by atoms with Gasteiger partial charge in [-0.3, -0.25) is 0 Å². The highest BCUT2D eigenvalue weighted by Gasteiger charge is 2.39. The van der Waals surface area contributed by atoms with Gasteiger partial charge in [-0.1, -0.05) is 6.92 Å². The number of carbonyl (C=O) groups is 1. The first-order valence-electron chi connectivity index (χ1n) is 6.52. The van der Waals surface area contributed by atoms with Crippen LogP contribution in [0.25, 0.3) is 0 Å². The predicted molar refractivity (Wildman–Crippen MR) is 70.4 cm³/mol. The fraction of sp³-hybridized carbons (Fsp3) is 0.923. The number of hydrogen-bond donors (Lipinski definition) is 3. The number of aliphatic hydroxyl groups is 1. The Balaban J connectivity index is 2.57. The number of alkyl carbamates (subject to hydrolysis) is 1. The fourth-order valence-electron chi connectivity index (χ4n) is 2.14. The van der Waals surface area contributed by atoms with Crippen LogP contribution < -0.4 is 10.6 Å². The maximum absolute atomic E-state index is 11.8. The normalized spacial score (nSPS) is 33.0. The zero-order valence-corrected chi connectivity index (χ0v) is 12.0. The van der Waals surface area contributed by atoms with Gasteiger partial charge in [-0.2, -0.15) is 0 Å². The highest BCUT2D eigenvalue weighted by atomic mass is 16.6. The lowest BCUT2D eigenvalue weighted by atomic mass is 9.79. The second-order valence-corrected chi connectivity index (χ2v) is 6.44. The van der Waals surface area contributed by atoms with Crippen molar-refractivity contribution in [1.82, 2.24) is 10.6 Å². The van der Waals surface area contributed by atoms with E-state index in [0.29, 0.717) is 6.54 Å². The van der Waals surface area contributed by atoms with Gasteiger partial charge >= 0.3 is 6.09 Å². The van der Waals surface area contributed by atoms with E-state index in [1.807, 2.05) is 27.7 Å². The van der Waals surface area contributed by atoms with Crippen LogP contribution in [0.3, 0.4) is 0 Å². The number of hydrogen-bond acceptors (Lipinski definition) is 4. The van der Waals surface area contributed by atoms with E-state index >= 15 is 0 Å². The summed E-state index contributed by atoms with van der Waals surface area (Å²) in [6.45, 7) is 10.4. The van der Waals surface area contributed by atoms with Crippen LogP contribution in [0.15, 0.2) is 0 Å². The summed E-state index contributed by atoms with van der Waals surface area (Å²) in [5, 5.41) is 15.3. The monoisotopic (exact) mass is 258 g/mol. The largest absolute Gasteiger partial charge is 0.444 e. The van der Waals surface area contributed by atoms with Gasteiger partial charge in [0, 0.05) is 12.6 Å². The Bertz CT molecular complexity index is 301. The summed E-state index contributed by atoms with van der Waals surface area (Å²) in [5.41, 5.74) is -0.826. The molecule has 0 spiro atoms. The standard InChI is InChI=1S/C13H26N2O3/c1-9-6-10(7-16)14-8-13(9,5)15-11(17)18-12(2,3)4/h9-10,14,16H,6-8H2,1-5H3,(H,15,17)/t9?,10-,13+/m0/s1. The SMILES string of the molecule is CC1C[C@@H](CO)NC[C@@]1(C)NC(=O)OC(C)(C)C. The van der Waals surface area contributed by atoms with Gasteiger partial charge in [-0.15, -0.1) is 0 Å². The van der Waals surface area contributed by atoms with Crippen LogP contribution in [0.1, 0.15) is 41.0 Å². The lowest BCUT2D eigenvalue weighted by Crippen LogP contribution is -2.63. The third-order valence-electron chi connectivity index (χ3n) is 3.49. The maximum atomic E-state index is 11.8. The molecule has 18 heavy (non-hydrogen) atoms. The zero-order chi connectivity index (χ0) is 14.0. The summed E-state index contributed by atoms with van der Waals surface area (Å²) in [6, 6.07) is 0.119. The van der Waals surface area contributed by atoms with Crippen molar-refractivity contribution in [2.24, 2.45) is 5.92 Å². The van der Waals surface area contributed by atoms with Crippen LogP contribution in [0.5, 0.6) is 0 Å². The predicted octanol–water partition coefficient (Wildman–Crippen LogP) is 1.26. The van der Waals surface area contributed by atoms with Crippen molar-refractivity contribution in [3.05, 3.63) is 0 Å². The number of rotatable bonds is 2. The molecule has 106 valence electrons. The Morgan fingerprint density at radius 1 is 1.56 bits per heavy atom. The Labute approximate surface area is 109 Å². The summed E-state index contributed by atoms with van der Waals surface area (Å²) >= 11 is 0. The molecule has 0 aromatic carbocycles. The molecule has 0 aromatic heterocycles. The number of ether oxygens (including phenoxy) is 1. The molecular weight excluding hydrogens is 232 g/mol. The van der Waals surface area contributed by atoms with Gasteiger partial charge in [-0.05, 0) is 40.0 Å². The molecule has 1 unspecified atom stereocenters. The fourth-order valence-corrected chi connectivity index (χ4v) is 2.14. The lowest BCUT2D eigenvalue weighted by Gasteiger charge is -2.43. The van der Waals surface area contributed by atoms with Crippen molar-refractivity contribution in [1.29, 1.82) is 0 Å². The average Bonchev–Trinajstić information content (AvgIpc) is 2.19. The van der Waals surface area contributed by atoms with Crippen LogP contribution in [-0.2, 0) is 4.74 Å². The van der Waals surface area contributed by atoms with E-state index in [9.17, 15) is 4.79 Å². The second-order valence-electron chi connectivity index (χ2n) is 6.44. The number of piperidine rings is 1. The van der Waals surface area contributed by atoms with Gasteiger partial charge in [0.05, 0.1) is 12.1 Å². The number of aliphatic hydroxyl groups excluding tert-OH is 1. The molecular formula is C13H26N2O3. The van der Waals surface area contributed by atoms with E-state index < -0.39 is 5.60 Å². The molecule has 1 aliphatic rings. The Morgan fingerprint density at radius 3 is 2.61 bits per heavy atom. The first kappa shape index (κ1) is 15.2. The van der Waals surface area contributed by atoms with E-state index in [1.54, 1.807) is 0 Å². The van der Waals surface area contributed by atoms with Crippen molar-refractivity contribution in [2.75, 3.05) is 13.2 Å². The summed E-state index contributed by atoms with van der Waals surface area (Å²) in [6.07, 6.45) is 0.448. The molecule has 0 radical (unpaired) electrons. The second kappa shape index (κ2) is 5.45. The molecule has 1 heterocycles. The lowest BCUT2D eigenvalue weighted by molar-refractivity contribution is 0.0370. The van der Waals surface area contributed by atoms with Crippen molar-refractivity contribution in [2.45, 2.75) is 58.2 Å². The maximum Gasteiger partial charge on any atom is 0.408 e. The van der Waals surface area contributed by atoms with Gasteiger partial charge in [0.2, 0.25) is 0 Å². The highest BCUT2D eigenvalue weighted by molar-refractivity contribution is 5.68. The molecule has 3 atom stereocenters. The number of carbonyl (C=O) groups excluding carboxylic acids is 1. The molecule has 5 nitrogen and oxygen atoms in total. The molecule has 1 aliphatic heterocycles. The summed E-state index contributed by atoms with van der Waals surface area (Å²) < 4.78 is 5.28. The third-order valence-corrected chi connectivity index (χ3v) is 3.49. The van der Waals surface area contributed by atoms with Gasteiger partial charge in [0.1, 0.15) is 5.60 Å². The van der Waals surface area contributed by atoms with E-state index in [-0.39, 0.29) is 30.2 Å². The van der Waals surface area contributed by atoms with Crippen LogP contribution in [0.4, 0.5) is 4.79 Å². The minimum absolute atomic E-state index is 0.119. The molecule has 0 aromatic rings. The van der Waals surface area contributed by atoms with E-state index in [2.05, 4.69) is 17.6 Å². The van der Waals surface area contributed by atoms with Crippen molar-refractivity contribution >= 4 is 6.09 Å². The molecule has 0 bridgehead atoms. The molecule has 1 fully saturated rings. The summed E-state index contributed by atoms with van der Waals surface area (Å²) in [5.74, 6) is 0.281. The third kappa shape index (κ3) is 4.14. The molecule has 5 heteroatoms. The highest BCUT2D eigenvalue weighted by Crippen LogP contribution is 2.26. The van der Waals surface area contributed by atoms with Crippen molar-refractivity contribution in [3.8, 4) is 0 Å². The van der Waals surface area contributed by atoms with Crippen LogP contribution in [0.2, 0.25) is 0 Å². The van der Waals surface area contributed by atoms with Gasteiger partial charge in [0.25, 0.3) is 0 Å². The van der Waals surface area contributed by atoms with E-state index in [1.165, 1.54) is 0 Å². The first-order chi connectivity index (χ1) is 8.16. The van der Waals surface area contributed by atoms with Gasteiger partial charge in [0.15, 0.2) is 0 Å². The van der Waals surface area contributed by atoms with E-state index in [4.69, 9.17) is 9.84 Å². The van der Waals surface area contributed by atoms with Crippen LogP contribution in [0, 0.1) is 5.92 Å². The molecule has 0 saturated carbocycles. The summed E-state index contributed by atoms with van der Waals surface area (Å²) in [7, 11) is 0. The molecule has 1 amide bonds. The Kier molecular flexibility index (Phi) is 4.61. The topological polar surface area (TPSA) is 70.6 Å². The number of amides is 1. The Hall–Kier alpha value is -0.810. The molecule has 1 rings (SSSR count).